The molecule has 0 atom stereocenters. The van der Waals surface area contributed by atoms with Crippen molar-refractivity contribution in [3.8, 4) is 5.75 Å². The van der Waals surface area contributed by atoms with Gasteiger partial charge in [0.05, 0.1) is 7.11 Å². The summed E-state index contributed by atoms with van der Waals surface area (Å²) in [5, 5.41) is 3.57. The lowest BCUT2D eigenvalue weighted by atomic mass is 10.2. The summed E-state index contributed by atoms with van der Waals surface area (Å²) in [6.07, 6.45) is 0.491. The Morgan fingerprint density at radius 2 is 1.69 bits per heavy atom. The molecule has 0 spiro atoms. The monoisotopic (exact) mass is 373 g/mol. The molecule has 1 N–H and O–H groups in total. The molecule has 0 saturated carbocycles. The van der Waals surface area contributed by atoms with Crippen molar-refractivity contribution >= 4 is 28.9 Å². The van der Waals surface area contributed by atoms with E-state index >= 15 is 0 Å². The molecule has 2 aromatic rings. The molecular formula is C20H24ClN3O2. The summed E-state index contributed by atoms with van der Waals surface area (Å²) < 4.78 is 5.21. The van der Waals surface area contributed by atoms with Crippen LogP contribution in [-0.2, 0) is 4.79 Å². The van der Waals surface area contributed by atoms with Crippen LogP contribution >= 0.6 is 11.6 Å². The Morgan fingerprint density at radius 1 is 1.04 bits per heavy atom. The molecule has 1 saturated heterocycles. The zero-order chi connectivity index (χ0) is 18.4. The van der Waals surface area contributed by atoms with Crippen LogP contribution < -0.4 is 15.0 Å². The molecule has 0 unspecified atom stereocenters. The summed E-state index contributed by atoms with van der Waals surface area (Å²) in [5.41, 5.74) is 2.00. The second kappa shape index (κ2) is 8.92. The number of halogens is 1. The first-order chi connectivity index (χ1) is 12.6. The second-order valence-electron chi connectivity index (χ2n) is 6.33. The van der Waals surface area contributed by atoms with Gasteiger partial charge in [-0.3, -0.25) is 9.69 Å². The van der Waals surface area contributed by atoms with Crippen molar-refractivity contribution in [3.05, 3.63) is 53.6 Å². The van der Waals surface area contributed by atoms with Gasteiger partial charge in [0.25, 0.3) is 0 Å². The molecule has 0 bridgehead atoms. The van der Waals surface area contributed by atoms with Gasteiger partial charge in [-0.1, -0.05) is 11.6 Å². The summed E-state index contributed by atoms with van der Waals surface area (Å²) in [4.78, 5) is 16.8. The van der Waals surface area contributed by atoms with Gasteiger partial charge in [0.1, 0.15) is 5.75 Å². The highest BCUT2D eigenvalue weighted by Gasteiger charge is 2.17. The molecule has 1 aliphatic heterocycles. The van der Waals surface area contributed by atoms with Crippen LogP contribution in [-0.4, -0.2) is 50.6 Å². The van der Waals surface area contributed by atoms with Crippen LogP contribution in [0.3, 0.4) is 0 Å². The van der Waals surface area contributed by atoms with E-state index in [9.17, 15) is 4.79 Å². The standard InChI is InChI=1S/C20H24ClN3O2/c1-26-19-8-6-18(7-9-19)24-14-12-23(13-15-24)11-10-20(25)22-17-4-2-16(21)3-5-17/h2-9H,10-15H2,1H3,(H,22,25). The molecule has 3 rings (SSSR count). The third-order valence-electron chi connectivity index (χ3n) is 4.59. The Bertz CT molecular complexity index is 711. The molecule has 0 radical (unpaired) electrons. The van der Waals surface area contributed by atoms with Gasteiger partial charge in [0, 0.05) is 55.5 Å². The highest BCUT2D eigenvalue weighted by Crippen LogP contribution is 2.20. The lowest BCUT2D eigenvalue weighted by Crippen LogP contribution is -2.47. The predicted molar refractivity (Wildman–Crippen MR) is 106 cm³/mol. The fourth-order valence-corrected chi connectivity index (χ4v) is 3.17. The van der Waals surface area contributed by atoms with E-state index in [2.05, 4.69) is 27.2 Å². The van der Waals surface area contributed by atoms with Crippen LogP contribution in [0.1, 0.15) is 6.42 Å². The Balaban J connectivity index is 1.40. The smallest absolute Gasteiger partial charge is 0.225 e. The van der Waals surface area contributed by atoms with Gasteiger partial charge < -0.3 is 15.0 Å². The summed E-state index contributed by atoms with van der Waals surface area (Å²) in [6.45, 7) is 4.62. The van der Waals surface area contributed by atoms with Gasteiger partial charge in [-0.2, -0.15) is 0 Å². The van der Waals surface area contributed by atoms with Crippen molar-refractivity contribution in [2.75, 3.05) is 50.1 Å². The molecule has 0 aliphatic carbocycles. The van der Waals surface area contributed by atoms with E-state index in [-0.39, 0.29) is 5.91 Å². The van der Waals surface area contributed by atoms with Crippen LogP contribution in [0.2, 0.25) is 5.02 Å². The molecule has 26 heavy (non-hydrogen) atoms. The number of rotatable bonds is 6. The van der Waals surface area contributed by atoms with E-state index in [1.807, 2.05) is 24.3 Å². The lowest BCUT2D eigenvalue weighted by molar-refractivity contribution is -0.116. The maximum absolute atomic E-state index is 12.1. The zero-order valence-electron chi connectivity index (χ0n) is 15.0. The molecule has 6 heteroatoms. The molecular weight excluding hydrogens is 350 g/mol. The van der Waals surface area contributed by atoms with Crippen LogP contribution in [0.25, 0.3) is 0 Å². The largest absolute Gasteiger partial charge is 0.497 e. The first kappa shape index (κ1) is 18.5. The number of anilines is 2. The third-order valence-corrected chi connectivity index (χ3v) is 4.84. The maximum Gasteiger partial charge on any atom is 0.225 e. The van der Waals surface area contributed by atoms with Gasteiger partial charge in [0.15, 0.2) is 0 Å². The van der Waals surface area contributed by atoms with E-state index in [0.29, 0.717) is 11.4 Å². The van der Waals surface area contributed by atoms with Crippen LogP contribution in [0.5, 0.6) is 5.75 Å². The van der Waals surface area contributed by atoms with E-state index < -0.39 is 0 Å². The average Bonchev–Trinajstić information content (AvgIpc) is 2.69. The Morgan fingerprint density at radius 3 is 2.31 bits per heavy atom. The number of carbonyl (C=O) groups excluding carboxylic acids is 1. The van der Waals surface area contributed by atoms with E-state index in [4.69, 9.17) is 16.3 Å². The summed E-state index contributed by atoms with van der Waals surface area (Å²) >= 11 is 5.85. The number of benzene rings is 2. The van der Waals surface area contributed by atoms with E-state index in [0.717, 1.165) is 44.2 Å². The van der Waals surface area contributed by atoms with Crippen molar-refractivity contribution in [3.63, 3.8) is 0 Å². The third kappa shape index (κ3) is 5.13. The Labute approximate surface area is 159 Å². The molecule has 1 heterocycles. The fraction of sp³-hybridized carbons (Fsp3) is 0.350. The van der Waals surface area contributed by atoms with Gasteiger partial charge in [0.2, 0.25) is 5.91 Å². The van der Waals surface area contributed by atoms with Crippen LogP contribution in [0, 0.1) is 0 Å². The number of hydrogen-bond donors (Lipinski definition) is 1. The number of nitrogens with one attached hydrogen (secondary N) is 1. The van der Waals surface area contributed by atoms with Crippen molar-refractivity contribution in [2.45, 2.75) is 6.42 Å². The highest BCUT2D eigenvalue weighted by molar-refractivity contribution is 6.30. The SMILES string of the molecule is COc1ccc(N2CCN(CCC(=O)Nc3ccc(Cl)cc3)CC2)cc1. The van der Waals surface area contributed by atoms with E-state index in [1.165, 1.54) is 5.69 Å². The zero-order valence-corrected chi connectivity index (χ0v) is 15.7. The number of methoxy groups -OCH3 is 1. The van der Waals surface area contributed by atoms with Crippen molar-refractivity contribution < 1.29 is 9.53 Å². The molecule has 1 amide bonds. The maximum atomic E-state index is 12.1. The first-order valence-corrected chi connectivity index (χ1v) is 9.18. The molecule has 2 aromatic carbocycles. The number of carbonyl (C=O) groups is 1. The van der Waals surface area contributed by atoms with Crippen LogP contribution in [0.15, 0.2) is 48.5 Å². The minimum atomic E-state index is 0.0323. The van der Waals surface area contributed by atoms with Crippen molar-refractivity contribution in [1.82, 2.24) is 4.90 Å². The molecule has 1 fully saturated rings. The molecule has 138 valence electrons. The number of amides is 1. The summed E-state index contributed by atoms with van der Waals surface area (Å²) in [7, 11) is 1.68. The average molecular weight is 374 g/mol. The highest BCUT2D eigenvalue weighted by atomic mass is 35.5. The van der Waals surface area contributed by atoms with Gasteiger partial charge in [-0.05, 0) is 48.5 Å². The van der Waals surface area contributed by atoms with Crippen molar-refractivity contribution in [1.29, 1.82) is 0 Å². The van der Waals surface area contributed by atoms with Crippen molar-refractivity contribution in [2.24, 2.45) is 0 Å². The first-order valence-electron chi connectivity index (χ1n) is 8.81. The lowest BCUT2D eigenvalue weighted by Gasteiger charge is -2.36. The molecule has 1 aliphatic rings. The number of piperazine rings is 1. The normalized spacial score (nSPS) is 14.9. The number of hydrogen-bond acceptors (Lipinski definition) is 4. The molecule has 0 aromatic heterocycles. The Kier molecular flexibility index (Phi) is 6.36. The van der Waals surface area contributed by atoms with Gasteiger partial charge in [-0.25, -0.2) is 0 Å². The van der Waals surface area contributed by atoms with Gasteiger partial charge >= 0.3 is 0 Å². The summed E-state index contributed by atoms with van der Waals surface area (Å²) in [5.74, 6) is 0.906. The molecule has 5 nitrogen and oxygen atoms in total. The summed E-state index contributed by atoms with van der Waals surface area (Å²) in [6, 6.07) is 15.3. The van der Waals surface area contributed by atoms with Gasteiger partial charge in [-0.15, -0.1) is 0 Å². The number of ether oxygens (including phenoxy) is 1. The number of nitrogens with zero attached hydrogens (tertiary/aromatic N) is 2. The van der Waals surface area contributed by atoms with E-state index in [1.54, 1.807) is 19.2 Å². The predicted octanol–water partition coefficient (Wildman–Crippen LogP) is 3.50. The minimum Gasteiger partial charge on any atom is -0.497 e. The Hall–Kier alpha value is -2.24. The quantitative estimate of drug-likeness (QED) is 0.841. The fourth-order valence-electron chi connectivity index (χ4n) is 3.04. The van der Waals surface area contributed by atoms with Crippen LogP contribution in [0.4, 0.5) is 11.4 Å². The topological polar surface area (TPSA) is 44.8 Å². The second-order valence-corrected chi connectivity index (χ2v) is 6.77. The minimum absolute atomic E-state index is 0.0323.